The lowest BCUT2D eigenvalue weighted by atomic mass is 10.2. The first-order chi connectivity index (χ1) is 10.8. The van der Waals surface area contributed by atoms with Crippen molar-refractivity contribution in [2.45, 2.75) is 20.0 Å². The van der Waals surface area contributed by atoms with E-state index in [0.29, 0.717) is 12.1 Å². The molecule has 8 heteroatoms. The molecule has 0 spiro atoms. The maximum Gasteiger partial charge on any atom is 0.339 e. The number of carboxylic acids is 1. The highest BCUT2D eigenvalue weighted by atomic mass is 35.5. The Bertz CT molecular complexity index is 752. The second-order valence-corrected chi connectivity index (χ2v) is 5.20. The van der Waals surface area contributed by atoms with Crippen LogP contribution in [0.25, 0.3) is 0 Å². The van der Waals surface area contributed by atoms with E-state index in [-0.39, 0.29) is 22.8 Å². The molecule has 2 aromatic rings. The third kappa shape index (κ3) is 4.07. The van der Waals surface area contributed by atoms with Gasteiger partial charge in [-0.3, -0.25) is 0 Å². The Balaban J connectivity index is 2.36. The summed E-state index contributed by atoms with van der Waals surface area (Å²) < 4.78 is 37.4. The topological polar surface area (TPSA) is 68.7 Å². The highest BCUT2D eigenvalue weighted by molar-refractivity contribution is 6.31. The number of aromatic carboxylic acids is 1. The Morgan fingerprint density at radius 1 is 1.30 bits per heavy atom. The molecule has 0 radical (unpaired) electrons. The number of aromatic nitrogens is 1. The van der Waals surface area contributed by atoms with Gasteiger partial charge in [0.1, 0.15) is 22.2 Å². The fourth-order valence-electron chi connectivity index (χ4n) is 1.71. The number of halogens is 3. The van der Waals surface area contributed by atoms with Gasteiger partial charge in [-0.2, -0.15) is 0 Å². The van der Waals surface area contributed by atoms with E-state index in [4.69, 9.17) is 26.2 Å². The summed E-state index contributed by atoms with van der Waals surface area (Å²) in [6.45, 7) is 3.57. The quantitative estimate of drug-likeness (QED) is 0.877. The molecule has 0 fully saturated rings. The fraction of sp³-hybridized carbons (Fsp3) is 0.200. The third-order valence-corrected chi connectivity index (χ3v) is 2.86. The van der Waals surface area contributed by atoms with Gasteiger partial charge in [0.05, 0.1) is 12.3 Å². The van der Waals surface area contributed by atoms with Crippen LogP contribution < -0.4 is 9.47 Å². The van der Waals surface area contributed by atoms with Crippen LogP contribution in [0.1, 0.15) is 24.2 Å². The lowest BCUT2D eigenvalue weighted by molar-refractivity contribution is 0.0692. The van der Waals surface area contributed by atoms with Crippen molar-refractivity contribution < 1.29 is 28.2 Å². The van der Waals surface area contributed by atoms with Gasteiger partial charge in [0.2, 0.25) is 5.88 Å². The zero-order chi connectivity index (χ0) is 17.1. The average molecular weight is 344 g/mol. The van der Waals surface area contributed by atoms with Gasteiger partial charge in [0.25, 0.3) is 0 Å². The standard InChI is InChI=1S/C15H12ClF2NO4/c1-7(2)22-14-11(16)5-9(6-19-14)23-13-10(15(20)21)3-8(17)4-12(13)18/h3-7H,1-2H3,(H,20,21). The van der Waals surface area contributed by atoms with Crippen molar-refractivity contribution in [3.8, 4) is 17.4 Å². The van der Waals surface area contributed by atoms with Gasteiger partial charge < -0.3 is 14.6 Å². The maximum absolute atomic E-state index is 13.8. The fourth-order valence-corrected chi connectivity index (χ4v) is 1.92. The molecule has 122 valence electrons. The second-order valence-electron chi connectivity index (χ2n) is 4.80. The zero-order valence-electron chi connectivity index (χ0n) is 12.1. The molecule has 1 aromatic heterocycles. The van der Waals surface area contributed by atoms with Crippen molar-refractivity contribution >= 4 is 17.6 Å². The number of pyridine rings is 1. The van der Waals surface area contributed by atoms with Crippen LogP contribution in [-0.4, -0.2) is 22.2 Å². The lowest BCUT2D eigenvalue weighted by Gasteiger charge is -2.13. The molecule has 0 aliphatic carbocycles. The van der Waals surface area contributed by atoms with Crippen LogP contribution in [0, 0.1) is 11.6 Å². The molecular formula is C15H12ClF2NO4. The van der Waals surface area contributed by atoms with Crippen LogP contribution in [0.2, 0.25) is 5.02 Å². The van der Waals surface area contributed by atoms with Crippen molar-refractivity contribution in [1.29, 1.82) is 0 Å². The highest BCUT2D eigenvalue weighted by Gasteiger charge is 2.20. The summed E-state index contributed by atoms with van der Waals surface area (Å²) in [6.07, 6.45) is 1.04. The largest absolute Gasteiger partial charge is 0.478 e. The summed E-state index contributed by atoms with van der Waals surface area (Å²) in [6, 6.07) is 2.47. The maximum atomic E-state index is 13.8. The Morgan fingerprint density at radius 3 is 2.57 bits per heavy atom. The first-order valence-corrected chi connectivity index (χ1v) is 6.88. The molecular weight excluding hydrogens is 332 g/mol. The van der Waals surface area contributed by atoms with E-state index in [1.165, 1.54) is 12.3 Å². The molecule has 0 amide bonds. The van der Waals surface area contributed by atoms with Crippen molar-refractivity contribution in [1.82, 2.24) is 4.98 Å². The second kappa shape index (κ2) is 6.78. The molecule has 0 saturated heterocycles. The summed E-state index contributed by atoms with van der Waals surface area (Å²) in [5.41, 5.74) is -0.652. The van der Waals surface area contributed by atoms with Crippen molar-refractivity contribution in [2.75, 3.05) is 0 Å². The first kappa shape index (κ1) is 17.0. The molecule has 23 heavy (non-hydrogen) atoms. The molecule has 0 saturated carbocycles. The smallest absolute Gasteiger partial charge is 0.339 e. The van der Waals surface area contributed by atoms with Crippen LogP contribution in [0.15, 0.2) is 24.4 Å². The molecule has 1 N–H and O–H groups in total. The molecule has 2 rings (SSSR count). The van der Waals surface area contributed by atoms with Crippen molar-refractivity contribution in [2.24, 2.45) is 0 Å². The van der Waals surface area contributed by atoms with Crippen LogP contribution in [-0.2, 0) is 0 Å². The predicted octanol–water partition coefficient (Wildman–Crippen LogP) is 4.29. The Labute approximate surface area is 135 Å². The zero-order valence-corrected chi connectivity index (χ0v) is 12.9. The van der Waals surface area contributed by atoms with E-state index in [0.717, 1.165) is 0 Å². The first-order valence-electron chi connectivity index (χ1n) is 6.50. The van der Waals surface area contributed by atoms with E-state index in [2.05, 4.69) is 4.98 Å². The van der Waals surface area contributed by atoms with E-state index >= 15 is 0 Å². The predicted molar refractivity (Wildman–Crippen MR) is 78.4 cm³/mol. The van der Waals surface area contributed by atoms with Gasteiger partial charge in [0.15, 0.2) is 11.6 Å². The van der Waals surface area contributed by atoms with Gasteiger partial charge in [0, 0.05) is 12.1 Å². The number of ether oxygens (including phenoxy) is 2. The number of hydrogen-bond donors (Lipinski definition) is 1. The highest BCUT2D eigenvalue weighted by Crippen LogP contribution is 2.33. The minimum absolute atomic E-state index is 0.0147. The number of hydrogen-bond acceptors (Lipinski definition) is 4. The van der Waals surface area contributed by atoms with E-state index in [9.17, 15) is 13.6 Å². The van der Waals surface area contributed by atoms with Gasteiger partial charge >= 0.3 is 5.97 Å². The molecule has 1 heterocycles. The minimum atomic E-state index is -1.53. The molecule has 0 unspecified atom stereocenters. The number of rotatable bonds is 5. The number of nitrogens with zero attached hydrogens (tertiary/aromatic N) is 1. The van der Waals surface area contributed by atoms with Gasteiger partial charge in [-0.1, -0.05) is 11.6 Å². The van der Waals surface area contributed by atoms with Gasteiger partial charge in [-0.25, -0.2) is 18.6 Å². The summed E-state index contributed by atoms with van der Waals surface area (Å²) in [7, 11) is 0. The van der Waals surface area contributed by atoms with Crippen molar-refractivity contribution in [3.63, 3.8) is 0 Å². The number of carbonyl (C=O) groups is 1. The van der Waals surface area contributed by atoms with Crippen LogP contribution >= 0.6 is 11.6 Å². The summed E-state index contributed by atoms with van der Waals surface area (Å²) in [4.78, 5) is 15.0. The SMILES string of the molecule is CC(C)Oc1ncc(Oc2c(F)cc(F)cc2C(=O)O)cc1Cl. The van der Waals surface area contributed by atoms with Crippen LogP contribution in [0.4, 0.5) is 8.78 Å². The van der Waals surface area contributed by atoms with Gasteiger partial charge in [-0.05, 0) is 19.9 Å². The Kier molecular flexibility index (Phi) is 5.00. The minimum Gasteiger partial charge on any atom is -0.478 e. The average Bonchev–Trinajstić information content (AvgIpc) is 2.43. The van der Waals surface area contributed by atoms with E-state index < -0.39 is 28.9 Å². The van der Waals surface area contributed by atoms with E-state index in [1.807, 2.05) is 0 Å². The molecule has 1 aromatic carbocycles. The third-order valence-electron chi connectivity index (χ3n) is 2.59. The summed E-state index contributed by atoms with van der Waals surface area (Å²) >= 11 is 5.97. The number of benzene rings is 1. The molecule has 5 nitrogen and oxygen atoms in total. The molecule has 0 aliphatic rings. The summed E-state index contributed by atoms with van der Waals surface area (Å²) in [5, 5.41) is 9.12. The molecule has 0 aliphatic heterocycles. The Morgan fingerprint density at radius 2 is 2.00 bits per heavy atom. The monoisotopic (exact) mass is 343 g/mol. The van der Waals surface area contributed by atoms with E-state index in [1.54, 1.807) is 13.8 Å². The lowest BCUT2D eigenvalue weighted by Crippen LogP contribution is -2.07. The molecule has 0 bridgehead atoms. The van der Waals surface area contributed by atoms with Crippen LogP contribution in [0.3, 0.4) is 0 Å². The van der Waals surface area contributed by atoms with Gasteiger partial charge in [-0.15, -0.1) is 0 Å². The van der Waals surface area contributed by atoms with Crippen LogP contribution in [0.5, 0.6) is 17.4 Å². The normalized spacial score (nSPS) is 10.7. The number of carboxylic acid groups (broad SMARTS) is 1. The summed E-state index contributed by atoms with van der Waals surface area (Å²) in [5.74, 6) is -4.19. The Hall–Kier alpha value is -2.41. The molecule has 0 atom stereocenters. The van der Waals surface area contributed by atoms with Crippen molar-refractivity contribution in [3.05, 3.63) is 46.6 Å².